The van der Waals surface area contributed by atoms with E-state index in [2.05, 4.69) is 0 Å². The Kier molecular flexibility index (Phi) is 10.8. The average molecular weight is 685 g/mol. The second kappa shape index (κ2) is 15.0. The Bertz CT molecular complexity index is 1850. The summed E-state index contributed by atoms with van der Waals surface area (Å²) >= 11 is 0. The molecule has 2 unspecified atom stereocenters. The first kappa shape index (κ1) is 34.5. The molecule has 0 spiro atoms. The van der Waals surface area contributed by atoms with Crippen molar-refractivity contribution in [2.45, 2.75) is 49.3 Å². The van der Waals surface area contributed by atoms with Crippen LogP contribution in [0.3, 0.4) is 0 Å². The third kappa shape index (κ3) is 7.35. The van der Waals surface area contributed by atoms with E-state index in [0.717, 1.165) is 22.3 Å². The van der Waals surface area contributed by atoms with E-state index in [9.17, 15) is 28.2 Å². The first-order chi connectivity index (χ1) is 23.0. The molecule has 248 valence electrons. The number of phenolic OH excluding ortho intramolecular Hbond substituents is 2. The molecule has 0 aliphatic heterocycles. The molecule has 4 aromatic carbocycles. The van der Waals surface area contributed by atoms with Crippen molar-refractivity contribution in [3.63, 3.8) is 0 Å². The molecule has 0 aromatic heterocycles. The largest absolute Gasteiger partial charge is 0.507 e. The number of fused-ring (bicyclic) bond motifs is 6. The zero-order chi connectivity index (χ0) is 34.5. The van der Waals surface area contributed by atoms with Gasteiger partial charge in [-0.15, -0.1) is 0 Å². The summed E-state index contributed by atoms with van der Waals surface area (Å²) in [6.07, 6.45) is 4.94. The van der Waals surface area contributed by atoms with Crippen LogP contribution in [-0.4, -0.2) is 44.8 Å². The summed E-state index contributed by atoms with van der Waals surface area (Å²) in [5, 5.41) is 22.8. The predicted molar refractivity (Wildman–Crippen MR) is 187 cm³/mol. The van der Waals surface area contributed by atoms with Crippen molar-refractivity contribution in [3.8, 4) is 11.5 Å². The van der Waals surface area contributed by atoms with Crippen molar-refractivity contribution in [3.05, 3.63) is 129 Å². The van der Waals surface area contributed by atoms with Gasteiger partial charge in [0, 0.05) is 20.9 Å². The quantitative estimate of drug-likeness (QED) is 0.162. The van der Waals surface area contributed by atoms with Crippen LogP contribution in [0.25, 0.3) is 9.81 Å². The number of allylic oxidation sites excluding steroid dienone is 2. The molecule has 2 N–H and O–H groups in total. The van der Waals surface area contributed by atoms with Gasteiger partial charge in [-0.2, -0.15) is 0 Å². The number of hydrogen-bond donors (Lipinski definition) is 2. The van der Waals surface area contributed by atoms with E-state index in [0.29, 0.717) is 35.5 Å². The summed E-state index contributed by atoms with van der Waals surface area (Å²) in [5.74, 6) is -1.83. The topological polar surface area (TPSA) is 127 Å². The Hall–Kier alpha value is -4.80. The van der Waals surface area contributed by atoms with E-state index < -0.39 is 33.5 Å². The molecule has 0 amide bonds. The van der Waals surface area contributed by atoms with E-state index in [1.165, 1.54) is 26.4 Å². The Labute approximate surface area is 284 Å². The van der Waals surface area contributed by atoms with E-state index in [-0.39, 0.29) is 43.6 Å². The highest BCUT2D eigenvalue weighted by Crippen LogP contribution is 2.40. The third-order valence-electron chi connectivity index (χ3n) is 8.15. The lowest BCUT2D eigenvalue weighted by Gasteiger charge is -2.17. The fraction of sp³-hybridized carbons (Fsp3) is 0.211. The van der Waals surface area contributed by atoms with Crippen LogP contribution in [0.5, 0.6) is 11.5 Å². The molecule has 2 atom stereocenters. The maximum absolute atomic E-state index is 14.0. The molecule has 10 heteroatoms. The first-order valence-corrected chi connectivity index (χ1v) is 17.6. The van der Waals surface area contributed by atoms with Crippen molar-refractivity contribution >= 4 is 43.3 Å². The predicted octanol–water partition coefficient (Wildman–Crippen LogP) is 7.16. The van der Waals surface area contributed by atoms with Crippen LogP contribution < -0.4 is 0 Å². The lowest BCUT2D eigenvalue weighted by atomic mass is 9.92. The summed E-state index contributed by atoms with van der Waals surface area (Å²) < 4.78 is 38.0. The Balaban J connectivity index is 1.72. The Morgan fingerprint density at radius 1 is 0.604 bits per heavy atom. The SMILES string of the molecule is COC(=O)c1cc2c(cc1C(=O)OC)CC/C=C(/S(=O)c1ccc(C)cc1)c1cc(O)c(cc1O)/C(S(=O)c1ccc(C)cc1)=C\CC2. The third-order valence-corrected chi connectivity index (χ3v) is 11.1. The molecule has 0 saturated carbocycles. The van der Waals surface area contributed by atoms with E-state index in [1.54, 1.807) is 48.6 Å². The molecule has 4 aromatic rings. The fourth-order valence-electron chi connectivity index (χ4n) is 5.55. The summed E-state index contributed by atoms with van der Waals surface area (Å²) in [4.78, 5) is 27.1. The van der Waals surface area contributed by atoms with Crippen LogP contribution in [-0.2, 0) is 43.9 Å². The van der Waals surface area contributed by atoms with Crippen LogP contribution in [0.15, 0.2) is 94.7 Å². The van der Waals surface area contributed by atoms with Crippen molar-refractivity contribution in [2.24, 2.45) is 0 Å². The van der Waals surface area contributed by atoms with Gasteiger partial charge in [0.2, 0.25) is 0 Å². The van der Waals surface area contributed by atoms with E-state index in [1.807, 2.05) is 38.1 Å². The normalized spacial score (nSPS) is 16.7. The maximum atomic E-state index is 14.0. The number of aryl methyl sites for hydroxylation is 4. The van der Waals surface area contributed by atoms with Gasteiger partial charge < -0.3 is 19.7 Å². The van der Waals surface area contributed by atoms with Gasteiger partial charge in [-0.3, -0.25) is 0 Å². The summed E-state index contributed by atoms with van der Waals surface area (Å²) in [6, 6.07) is 20.3. The lowest BCUT2D eigenvalue weighted by Crippen LogP contribution is -2.14. The van der Waals surface area contributed by atoms with Gasteiger partial charge >= 0.3 is 11.9 Å². The van der Waals surface area contributed by atoms with Crippen molar-refractivity contribution in [2.75, 3.05) is 14.2 Å². The molecule has 2 bridgehead atoms. The summed E-state index contributed by atoms with van der Waals surface area (Å²) in [5.41, 5.74) is 3.96. The van der Waals surface area contributed by atoms with Crippen LogP contribution in [0, 0.1) is 13.8 Å². The van der Waals surface area contributed by atoms with Gasteiger partial charge in [0.25, 0.3) is 0 Å². The van der Waals surface area contributed by atoms with Gasteiger partial charge in [0.15, 0.2) is 0 Å². The summed E-state index contributed by atoms with van der Waals surface area (Å²) in [6.45, 7) is 3.85. The summed E-state index contributed by atoms with van der Waals surface area (Å²) in [7, 11) is -1.04. The number of phenols is 2. The van der Waals surface area contributed by atoms with Gasteiger partial charge in [-0.05, 0) is 99.2 Å². The standard InChI is InChI=1S/C38H36O8S2/c1-23-11-15-27(16-12-23)47(43)35-9-5-7-25-19-29(37(41)45-3)30(38(42)46-4)20-26(25)8-6-10-36(32-22-33(39)31(35)21-34(32)40)48(44)28-17-13-24(2)14-18-28/h9-22,39-40H,5-8H2,1-4H3/b35-9+,36-10+. The van der Waals surface area contributed by atoms with Crippen LogP contribution >= 0.6 is 0 Å². The molecule has 2 aliphatic rings. The first-order valence-electron chi connectivity index (χ1n) is 15.3. The minimum atomic E-state index is -1.75. The number of methoxy groups -OCH3 is 2. The van der Waals surface area contributed by atoms with Gasteiger partial charge in [-0.25, -0.2) is 18.0 Å². The van der Waals surface area contributed by atoms with Crippen molar-refractivity contribution in [1.29, 1.82) is 0 Å². The van der Waals surface area contributed by atoms with E-state index in [4.69, 9.17) is 9.47 Å². The maximum Gasteiger partial charge on any atom is 0.338 e. The number of rotatable bonds is 6. The van der Waals surface area contributed by atoms with Crippen LogP contribution in [0.1, 0.15) is 66.9 Å². The second-order valence-corrected chi connectivity index (χ2v) is 14.3. The zero-order valence-electron chi connectivity index (χ0n) is 27.1. The molecule has 0 saturated heterocycles. The lowest BCUT2D eigenvalue weighted by molar-refractivity contribution is 0.0555. The number of benzene rings is 4. The highest BCUT2D eigenvalue weighted by molar-refractivity contribution is 7.95. The number of carbonyl (C=O) groups is 2. The molecule has 0 radical (unpaired) electrons. The minimum Gasteiger partial charge on any atom is -0.507 e. The molecule has 0 heterocycles. The Morgan fingerprint density at radius 2 is 0.958 bits per heavy atom. The van der Waals surface area contributed by atoms with Gasteiger partial charge in [0.1, 0.15) is 11.5 Å². The molecule has 2 aliphatic carbocycles. The van der Waals surface area contributed by atoms with Crippen molar-refractivity contribution in [1.82, 2.24) is 0 Å². The van der Waals surface area contributed by atoms with Gasteiger partial charge in [0.05, 0.1) is 56.8 Å². The molecular weight excluding hydrogens is 649 g/mol. The second-order valence-electron chi connectivity index (χ2n) is 11.4. The van der Waals surface area contributed by atoms with Gasteiger partial charge in [-0.1, -0.05) is 47.5 Å². The molecule has 6 rings (SSSR count). The molecule has 0 fully saturated rings. The molecule has 48 heavy (non-hydrogen) atoms. The number of ether oxygens (including phenoxy) is 2. The smallest absolute Gasteiger partial charge is 0.338 e. The average Bonchev–Trinajstić information content (AvgIpc) is 3.09. The monoisotopic (exact) mass is 684 g/mol. The highest BCUT2D eigenvalue weighted by Gasteiger charge is 2.25. The number of aromatic hydroxyl groups is 2. The Morgan fingerprint density at radius 3 is 1.29 bits per heavy atom. The molecular formula is C38H36O8S2. The fourth-order valence-corrected chi connectivity index (χ4v) is 8.09. The number of hydrogen-bond acceptors (Lipinski definition) is 8. The molecule has 8 nitrogen and oxygen atoms in total. The van der Waals surface area contributed by atoms with Crippen LogP contribution in [0.2, 0.25) is 0 Å². The van der Waals surface area contributed by atoms with E-state index >= 15 is 0 Å². The minimum absolute atomic E-state index is 0.0609. The highest BCUT2D eigenvalue weighted by atomic mass is 32.2. The van der Waals surface area contributed by atoms with Crippen LogP contribution in [0.4, 0.5) is 0 Å². The number of esters is 2. The zero-order valence-corrected chi connectivity index (χ0v) is 28.7. The van der Waals surface area contributed by atoms with Crippen molar-refractivity contribution < 1.29 is 37.7 Å². The number of carbonyl (C=O) groups excluding carboxylic acids is 2.